The minimum absolute atomic E-state index is 0.129. The number of carbonyl (C=O) groups is 1. The number of aliphatic carboxylic acids is 1. The van der Waals surface area contributed by atoms with Crippen molar-refractivity contribution in [1.29, 1.82) is 0 Å². The van der Waals surface area contributed by atoms with Crippen LogP contribution in [-0.4, -0.2) is 22.5 Å². The van der Waals surface area contributed by atoms with Crippen LogP contribution in [0.5, 0.6) is 0 Å². The molecule has 4 heteroatoms. The first-order valence-electron chi connectivity index (χ1n) is 8.10. The molecule has 24 heavy (non-hydrogen) atoms. The third-order valence-corrected chi connectivity index (χ3v) is 4.39. The average Bonchev–Trinajstić information content (AvgIpc) is 2.48. The van der Waals surface area contributed by atoms with Crippen LogP contribution in [0.3, 0.4) is 0 Å². The van der Waals surface area contributed by atoms with Gasteiger partial charge in [0.1, 0.15) is 0 Å². The number of halogens is 1. The summed E-state index contributed by atoms with van der Waals surface area (Å²) in [6, 6.07) is 12.1. The molecule has 0 radical (unpaired) electrons. The molecule has 0 aliphatic rings. The molecule has 2 aromatic carbocycles. The lowest BCUT2D eigenvalue weighted by Crippen LogP contribution is -2.26. The van der Waals surface area contributed by atoms with E-state index in [-0.39, 0.29) is 6.42 Å². The van der Waals surface area contributed by atoms with Crippen molar-refractivity contribution in [3.63, 3.8) is 0 Å². The van der Waals surface area contributed by atoms with Crippen molar-refractivity contribution in [2.24, 2.45) is 0 Å². The summed E-state index contributed by atoms with van der Waals surface area (Å²) in [4.78, 5) is 13.2. The van der Waals surface area contributed by atoms with Crippen LogP contribution in [0, 0.1) is 20.8 Å². The molecule has 0 heterocycles. The van der Waals surface area contributed by atoms with Gasteiger partial charge < -0.3 is 5.11 Å². The quantitative estimate of drug-likeness (QED) is 0.787. The maximum absolute atomic E-state index is 11.0. The molecule has 0 unspecified atom stereocenters. The van der Waals surface area contributed by atoms with E-state index >= 15 is 0 Å². The first-order valence-corrected chi connectivity index (χ1v) is 8.48. The molecule has 2 rings (SSSR count). The van der Waals surface area contributed by atoms with Crippen LogP contribution in [-0.2, 0) is 17.9 Å². The first kappa shape index (κ1) is 18.5. The summed E-state index contributed by atoms with van der Waals surface area (Å²) >= 11 is 6.07. The van der Waals surface area contributed by atoms with Crippen molar-refractivity contribution in [2.45, 2.75) is 40.3 Å². The molecule has 0 spiro atoms. The summed E-state index contributed by atoms with van der Waals surface area (Å²) in [5, 5.41) is 9.74. The molecule has 1 N–H and O–H groups in total. The van der Waals surface area contributed by atoms with Crippen LogP contribution in [0.25, 0.3) is 0 Å². The second-order valence-electron chi connectivity index (χ2n) is 6.36. The van der Waals surface area contributed by atoms with Gasteiger partial charge in [-0.2, -0.15) is 0 Å². The number of hydrogen-bond donors (Lipinski definition) is 1. The fourth-order valence-corrected chi connectivity index (χ4v) is 3.26. The van der Waals surface area contributed by atoms with Gasteiger partial charge in [0.25, 0.3) is 0 Å². The van der Waals surface area contributed by atoms with E-state index in [1.165, 1.54) is 22.3 Å². The van der Waals surface area contributed by atoms with Crippen molar-refractivity contribution < 1.29 is 9.90 Å². The van der Waals surface area contributed by atoms with Crippen LogP contribution in [0.4, 0.5) is 0 Å². The number of aryl methyl sites for hydroxylation is 3. The number of hydrogen-bond acceptors (Lipinski definition) is 2. The van der Waals surface area contributed by atoms with Crippen LogP contribution in [0.15, 0.2) is 36.4 Å². The molecule has 0 aliphatic heterocycles. The normalized spacial score (nSPS) is 11.0. The number of carboxylic acids is 1. The predicted octanol–water partition coefficient (Wildman–Crippen LogP) is 4.74. The van der Waals surface area contributed by atoms with Gasteiger partial charge in [-0.25, -0.2) is 0 Å². The zero-order valence-electron chi connectivity index (χ0n) is 14.5. The van der Waals surface area contributed by atoms with Gasteiger partial charge in [-0.3, -0.25) is 9.69 Å². The number of benzene rings is 2. The Morgan fingerprint density at radius 2 is 1.75 bits per heavy atom. The Kier molecular flexibility index (Phi) is 6.41. The highest BCUT2D eigenvalue weighted by molar-refractivity contribution is 6.30. The van der Waals surface area contributed by atoms with Gasteiger partial charge in [-0.1, -0.05) is 41.4 Å². The van der Waals surface area contributed by atoms with E-state index in [1.54, 1.807) is 0 Å². The summed E-state index contributed by atoms with van der Waals surface area (Å²) in [6.45, 7) is 8.25. The SMILES string of the molecule is Cc1cc(C)c(CN(CCC(=O)O)Cc2cccc(Cl)c2)c(C)c1. The summed E-state index contributed by atoms with van der Waals surface area (Å²) in [5.74, 6) is -0.775. The molecular formula is C20H24ClNO2. The molecule has 0 aromatic heterocycles. The maximum atomic E-state index is 11.0. The van der Waals surface area contributed by atoms with Crippen molar-refractivity contribution in [1.82, 2.24) is 4.90 Å². The number of rotatable bonds is 7. The third kappa shape index (κ3) is 5.36. The van der Waals surface area contributed by atoms with Gasteiger partial charge in [-0.15, -0.1) is 0 Å². The van der Waals surface area contributed by atoms with Gasteiger partial charge in [-0.05, 0) is 55.2 Å². The Labute approximate surface area is 148 Å². The lowest BCUT2D eigenvalue weighted by molar-refractivity contribution is -0.137. The van der Waals surface area contributed by atoms with Crippen molar-refractivity contribution in [2.75, 3.05) is 6.54 Å². The van der Waals surface area contributed by atoms with Crippen molar-refractivity contribution in [3.8, 4) is 0 Å². The Bertz CT molecular complexity index is 704. The number of carboxylic acid groups (broad SMARTS) is 1. The summed E-state index contributed by atoms with van der Waals surface area (Å²) < 4.78 is 0. The molecule has 0 saturated heterocycles. The molecule has 2 aromatic rings. The molecule has 0 atom stereocenters. The Hall–Kier alpha value is -1.84. The van der Waals surface area contributed by atoms with Crippen LogP contribution < -0.4 is 0 Å². The molecule has 0 aliphatic carbocycles. The Balaban J connectivity index is 2.21. The van der Waals surface area contributed by atoms with Crippen LogP contribution in [0.1, 0.15) is 34.2 Å². The van der Waals surface area contributed by atoms with Crippen molar-refractivity contribution >= 4 is 17.6 Å². The van der Waals surface area contributed by atoms with E-state index in [0.717, 1.165) is 12.1 Å². The van der Waals surface area contributed by atoms with Crippen LogP contribution in [0.2, 0.25) is 5.02 Å². The van der Waals surface area contributed by atoms with Gasteiger partial charge in [0.15, 0.2) is 0 Å². The zero-order valence-corrected chi connectivity index (χ0v) is 15.2. The van der Waals surface area contributed by atoms with Gasteiger partial charge in [0.05, 0.1) is 6.42 Å². The standard InChI is InChI=1S/C20H24ClNO2/c1-14-9-15(2)19(16(3)10-14)13-22(8-7-20(23)24)12-17-5-4-6-18(21)11-17/h4-6,9-11H,7-8,12-13H2,1-3H3,(H,23,24). The molecule has 3 nitrogen and oxygen atoms in total. The lowest BCUT2D eigenvalue weighted by Gasteiger charge is -2.24. The monoisotopic (exact) mass is 345 g/mol. The molecule has 0 bridgehead atoms. The van der Waals surface area contributed by atoms with Gasteiger partial charge in [0, 0.05) is 24.7 Å². The molecule has 0 fully saturated rings. The fraction of sp³-hybridized carbons (Fsp3) is 0.350. The van der Waals surface area contributed by atoms with Crippen LogP contribution >= 0.6 is 11.6 Å². The molecule has 128 valence electrons. The smallest absolute Gasteiger partial charge is 0.304 e. The topological polar surface area (TPSA) is 40.5 Å². The largest absolute Gasteiger partial charge is 0.481 e. The Morgan fingerprint density at radius 3 is 2.33 bits per heavy atom. The summed E-state index contributed by atoms with van der Waals surface area (Å²) in [6.07, 6.45) is 0.129. The van der Waals surface area contributed by atoms with Gasteiger partial charge in [0.2, 0.25) is 0 Å². The van der Waals surface area contributed by atoms with Crippen molar-refractivity contribution in [3.05, 3.63) is 69.2 Å². The Morgan fingerprint density at radius 1 is 1.08 bits per heavy atom. The molecule has 0 saturated carbocycles. The highest BCUT2D eigenvalue weighted by atomic mass is 35.5. The molecule has 0 amide bonds. The summed E-state index contributed by atoms with van der Waals surface area (Å²) in [7, 11) is 0. The maximum Gasteiger partial charge on any atom is 0.304 e. The van der Waals surface area contributed by atoms with E-state index < -0.39 is 5.97 Å². The van der Waals surface area contributed by atoms with E-state index in [9.17, 15) is 4.79 Å². The zero-order chi connectivity index (χ0) is 17.7. The average molecular weight is 346 g/mol. The lowest BCUT2D eigenvalue weighted by atomic mass is 9.99. The highest BCUT2D eigenvalue weighted by Gasteiger charge is 2.13. The minimum atomic E-state index is -0.775. The number of nitrogens with zero attached hydrogens (tertiary/aromatic N) is 1. The minimum Gasteiger partial charge on any atom is -0.481 e. The fourth-order valence-electron chi connectivity index (χ4n) is 3.04. The third-order valence-electron chi connectivity index (χ3n) is 4.16. The first-order chi connectivity index (χ1) is 11.3. The van der Waals surface area contributed by atoms with E-state index in [1.807, 2.05) is 24.3 Å². The summed E-state index contributed by atoms with van der Waals surface area (Å²) in [5.41, 5.74) is 6.11. The van der Waals surface area contributed by atoms with E-state index in [0.29, 0.717) is 18.1 Å². The van der Waals surface area contributed by atoms with E-state index in [4.69, 9.17) is 16.7 Å². The second kappa shape index (κ2) is 8.32. The molecular weight excluding hydrogens is 322 g/mol. The van der Waals surface area contributed by atoms with E-state index in [2.05, 4.69) is 37.8 Å². The second-order valence-corrected chi connectivity index (χ2v) is 6.80. The van der Waals surface area contributed by atoms with Gasteiger partial charge >= 0.3 is 5.97 Å². The highest BCUT2D eigenvalue weighted by Crippen LogP contribution is 2.20. The predicted molar refractivity (Wildman–Crippen MR) is 98.5 cm³/mol.